The first-order chi connectivity index (χ1) is 11.4. The van der Waals surface area contributed by atoms with Gasteiger partial charge in [-0.1, -0.05) is 30.3 Å². The summed E-state index contributed by atoms with van der Waals surface area (Å²) in [6, 6.07) is 12.8. The number of aliphatic hydroxyl groups excluding tert-OH is 1. The van der Waals surface area contributed by atoms with Crippen LogP contribution in [0.3, 0.4) is 0 Å². The lowest BCUT2D eigenvalue weighted by molar-refractivity contribution is -0.384. The highest BCUT2D eigenvalue weighted by atomic mass is 32.2. The minimum Gasteiger partial charge on any atom is -0.390 e. The van der Waals surface area contributed by atoms with E-state index < -0.39 is 26.1 Å². The molecule has 0 heterocycles. The Balaban J connectivity index is 2.60. The lowest BCUT2D eigenvalue weighted by Gasteiger charge is -2.22. The first-order valence-corrected chi connectivity index (χ1v) is 8.57. The number of rotatable bonds is 6. The van der Waals surface area contributed by atoms with E-state index in [1.165, 1.54) is 30.3 Å². The van der Waals surface area contributed by atoms with Gasteiger partial charge < -0.3 is 5.11 Å². The quantitative estimate of drug-likeness (QED) is 0.493. The lowest BCUT2D eigenvalue weighted by atomic mass is 10.0. The van der Waals surface area contributed by atoms with Crippen molar-refractivity contribution in [3.63, 3.8) is 0 Å². The van der Waals surface area contributed by atoms with Crippen LogP contribution in [0.2, 0.25) is 0 Å². The van der Waals surface area contributed by atoms with Gasteiger partial charge in [-0.3, -0.25) is 10.1 Å². The van der Waals surface area contributed by atoms with Gasteiger partial charge >= 0.3 is 0 Å². The SMILES string of the molecule is C#CCC(O)C(c1cccc([N+](=O)[O-])c1)S(=O)(=O)c1ccccc1. The van der Waals surface area contributed by atoms with E-state index in [1.807, 2.05) is 0 Å². The van der Waals surface area contributed by atoms with E-state index in [0.717, 1.165) is 6.07 Å². The maximum atomic E-state index is 12.9. The fraction of sp³-hybridized carbons (Fsp3) is 0.176. The van der Waals surface area contributed by atoms with Gasteiger partial charge in [-0.25, -0.2) is 8.42 Å². The summed E-state index contributed by atoms with van der Waals surface area (Å²) in [7, 11) is -3.99. The molecular formula is C17H15NO5S. The minimum absolute atomic E-state index is 0.0116. The molecule has 24 heavy (non-hydrogen) atoms. The minimum atomic E-state index is -3.99. The molecule has 2 rings (SSSR count). The summed E-state index contributed by atoms with van der Waals surface area (Å²) >= 11 is 0. The van der Waals surface area contributed by atoms with E-state index in [1.54, 1.807) is 18.2 Å². The zero-order chi connectivity index (χ0) is 17.7. The Labute approximate surface area is 139 Å². The molecule has 2 aromatic carbocycles. The standard InChI is InChI=1S/C17H15NO5S/c1-2-7-16(19)17(13-8-6-9-14(12-13)18(20)21)24(22,23)15-10-4-3-5-11-15/h1,3-6,8-12,16-17,19H,7H2. The van der Waals surface area contributed by atoms with Crippen LogP contribution in [0.4, 0.5) is 5.69 Å². The fourth-order valence-corrected chi connectivity index (χ4v) is 4.25. The third-order valence-electron chi connectivity index (χ3n) is 3.49. The van der Waals surface area contributed by atoms with Crippen molar-refractivity contribution < 1.29 is 18.4 Å². The van der Waals surface area contributed by atoms with Crippen LogP contribution in [0.1, 0.15) is 17.2 Å². The highest BCUT2D eigenvalue weighted by Crippen LogP contribution is 2.34. The zero-order valence-corrected chi connectivity index (χ0v) is 13.4. The zero-order valence-electron chi connectivity index (χ0n) is 12.6. The maximum Gasteiger partial charge on any atom is 0.269 e. The molecule has 124 valence electrons. The van der Waals surface area contributed by atoms with Crippen molar-refractivity contribution in [3.8, 4) is 12.3 Å². The van der Waals surface area contributed by atoms with Crippen LogP contribution < -0.4 is 0 Å². The summed E-state index contributed by atoms with van der Waals surface area (Å²) in [6.45, 7) is 0. The van der Waals surface area contributed by atoms with Crippen LogP contribution in [-0.2, 0) is 9.84 Å². The fourth-order valence-electron chi connectivity index (χ4n) is 2.41. The van der Waals surface area contributed by atoms with Crippen molar-refractivity contribution in [3.05, 3.63) is 70.3 Å². The molecule has 0 aliphatic rings. The molecule has 2 unspecified atom stereocenters. The van der Waals surface area contributed by atoms with Gasteiger partial charge in [0.2, 0.25) is 0 Å². The Bertz CT molecular complexity index is 871. The van der Waals surface area contributed by atoms with Gasteiger partial charge in [-0.2, -0.15) is 0 Å². The van der Waals surface area contributed by atoms with Crippen LogP contribution in [0.5, 0.6) is 0 Å². The maximum absolute atomic E-state index is 12.9. The molecule has 7 heteroatoms. The van der Waals surface area contributed by atoms with Gasteiger partial charge in [0, 0.05) is 18.6 Å². The molecule has 1 N–H and O–H groups in total. The molecule has 0 radical (unpaired) electrons. The monoisotopic (exact) mass is 345 g/mol. The van der Waals surface area contributed by atoms with Crippen molar-refractivity contribution in [2.45, 2.75) is 22.7 Å². The van der Waals surface area contributed by atoms with E-state index in [4.69, 9.17) is 6.42 Å². The molecule has 2 aromatic rings. The van der Waals surface area contributed by atoms with E-state index in [2.05, 4.69) is 5.92 Å². The summed E-state index contributed by atoms with van der Waals surface area (Å²) in [4.78, 5) is 10.3. The largest absolute Gasteiger partial charge is 0.390 e. The van der Waals surface area contributed by atoms with Crippen LogP contribution in [0.25, 0.3) is 0 Å². The van der Waals surface area contributed by atoms with Crippen LogP contribution >= 0.6 is 0 Å². The second kappa shape index (κ2) is 7.25. The molecule has 0 aliphatic carbocycles. The Morgan fingerprint density at radius 3 is 2.42 bits per heavy atom. The Kier molecular flexibility index (Phi) is 5.34. The first-order valence-electron chi connectivity index (χ1n) is 7.02. The number of nitro groups is 1. The molecule has 0 aromatic heterocycles. The van der Waals surface area contributed by atoms with Crippen molar-refractivity contribution >= 4 is 15.5 Å². The van der Waals surface area contributed by atoms with Gasteiger partial charge in [0.1, 0.15) is 5.25 Å². The summed E-state index contributed by atoms with van der Waals surface area (Å²) < 4.78 is 25.9. The van der Waals surface area contributed by atoms with Crippen molar-refractivity contribution in [2.24, 2.45) is 0 Å². The van der Waals surface area contributed by atoms with Crippen molar-refractivity contribution in [1.82, 2.24) is 0 Å². The second-order valence-electron chi connectivity index (χ2n) is 5.11. The highest BCUT2D eigenvalue weighted by Gasteiger charge is 2.35. The molecule has 0 bridgehead atoms. The van der Waals surface area contributed by atoms with Crippen molar-refractivity contribution in [1.29, 1.82) is 0 Å². The molecule has 2 atom stereocenters. The molecule has 0 spiro atoms. The summed E-state index contributed by atoms with van der Waals surface area (Å²) in [6.07, 6.45) is 3.61. The molecule has 0 amide bonds. The van der Waals surface area contributed by atoms with Crippen LogP contribution in [-0.4, -0.2) is 24.6 Å². The predicted molar refractivity (Wildman–Crippen MR) is 88.9 cm³/mol. The average molecular weight is 345 g/mol. The van der Waals surface area contributed by atoms with Gasteiger partial charge in [-0.15, -0.1) is 12.3 Å². The van der Waals surface area contributed by atoms with Crippen molar-refractivity contribution in [2.75, 3.05) is 0 Å². The summed E-state index contributed by atoms with van der Waals surface area (Å²) in [5.74, 6) is 2.23. The average Bonchev–Trinajstić information content (AvgIpc) is 2.56. The second-order valence-corrected chi connectivity index (χ2v) is 7.18. The molecule has 0 aliphatic heterocycles. The van der Waals surface area contributed by atoms with Crippen LogP contribution in [0.15, 0.2) is 59.5 Å². The van der Waals surface area contributed by atoms with E-state index >= 15 is 0 Å². The van der Waals surface area contributed by atoms with Crippen LogP contribution in [0, 0.1) is 22.5 Å². The third kappa shape index (κ3) is 3.62. The summed E-state index contributed by atoms with van der Waals surface area (Å²) in [5, 5.41) is 19.9. The van der Waals surface area contributed by atoms with Gasteiger partial charge in [0.25, 0.3) is 5.69 Å². The van der Waals surface area contributed by atoms with Gasteiger partial charge in [0.15, 0.2) is 9.84 Å². The Morgan fingerprint density at radius 1 is 1.17 bits per heavy atom. The Morgan fingerprint density at radius 2 is 1.83 bits per heavy atom. The number of terminal acetylenes is 1. The van der Waals surface area contributed by atoms with Gasteiger partial charge in [-0.05, 0) is 17.7 Å². The van der Waals surface area contributed by atoms with E-state index in [-0.39, 0.29) is 22.6 Å². The molecule has 6 nitrogen and oxygen atoms in total. The lowest BCUT2D eigenvalue weighted by Crippen LogP contribution is -2.26. The third-order valence-corrected chi connectivity index (χ3v) is 5.68. The van der Waals surface area contributed by atoms with E-state index in [9.17, 15) is 23.6 Å². The number of sulfone groups is 1. The number of aliphatic hydroxyl groups is 1. The smallest absolute Gasteiger partial charge is 0.269 e. The summed E-state index contributed by atoms with van der Waals surface area (Å²) in [5.41, 5.74) is -0.135. The topological polar surface area (TPSA) is 97.5 Å². The molecule has 0 fully saturated rings. The highest BCUT2D eigenvalue weighted by molar-refractivity contribution is 7.91. The van der Waals surface area contributed by atoms with E-state index in [0.29, 0.717) is 0 Å². The predicted octanol–water partition coefficient (Wildman–Crippen LogP) is 2.49. The number of non-ortho nitro benzene ring substituents is 1. The molecule has 0 saturated heterocycles. The van der Waals surface area contributed by atoms with Gasteiger partial charge in [0.05, 0.1) is 15.9 Å². The molecule has 0 saturated carbocycles. The first kappa shape index (κ1) is 17.7. The number of nitro benzene ring substituents is 1. The number of nitrogens with zero attached hydrogens (tertiary/aromatic N) is 1. The normalized spacial score (nSPS) is 13.7. The number of hydrogen-bond donors (Lipinski definition) is 1. The molecular weight excluding hydrogens is 330 g/mol. The Hall–Kier alpha value is -2.69. The number of hydrogen-bond acceptors (Lipinski definition) is 5. The number of benzene rings is 2.